The molecule has 9 heteroatoms. The first-order chi connectivity index (χ1) is 13.7. The van der Waals surface area contributed by atoms with Gasteiger partial charge in [0, 0.05) is 24.7 Å². The lowest BCUT2D eigenvalue weighted by Crippen LogP contribution is -2.34. The number of amides is 4. The van der Waals surface area contributed by atoms with Crippen LogP contribution in [0, 0.1) is 17.6 Å². The maximum atomic E-state index is 14.0. The Hall–Kier alpha value is -3.49. The van der Waals surface area contributed by atoms with E-state index < -0.39 is 29.5 Å². The molecule has 0 saturated carbocycles. The fourth-order valence-corrected chi connectivity index (χ4v) is 3.23. The molecule has 2 unspecified atom stereocenters. The minimum Gasteiger partial charge on any atom is -0.351 e. The number of carbonyl (C=O) groups is 3. The summed E-state index contributed by atoms with van der Waals surface area (Å²) >= 11 is 0. The molecule has 152 valence electrons. The summed E-state index contributed by atoms with van der Waals surface area (Å²) in [5, 5.41) is 5.28. The van der Waals surface area contributed by atoms with Crippen LogP contribution < -0.4 is 21.3 Å². The third kappa shape index (κ3) is 4.68. The van der Waals surface area contributed by atoms with E-state index in [0.717, 1.165) is 16.5 Å². The van der Waals surface area contributed by atoms with E-state index in [1.807, 2.05) is 0 Å². The van der Waals surface area contributed by atoms with E-state index in [-0.39, 0.29) is 30.6 Å². The van der Waals surface area contributed by atoms with Crippen LogP contribution in [0.1, 0.15) is 24.9 Å². The molecule has 0 aliphatic carbocycles. The number of anilines is 2. The van der Waals surface area contributed by atoms with Gasteiger partial charge in [0.2, 0.25) is 11.8 Å². The first-order valence-corrected chi connectivity index (χ1v) is 8.97. The highest BCUT2D eigenvalue weighted by atomic mass is 19.1. The Morgan fingerprint density at radius 1 is 1.17 bits per heavy atom. The van der Waals surface area contributed by atoms with Crippen molar-refractivity contribution in [1.82, 2.24) is 5.32 Å². The zero-order valence-electron chi connectivity index (χ0n) is 15.6. The Morgan fingerprint density at radius 2 is 1.86 bits per heavy atom. The predicted molar refractivity (Wildman–Crippen MR) is 103 cm³/mol. The van der Waals surface area contributed by atoms with E-state index in [1.54, 1.807) is 31.2 Å². The Morgan fingerprint density at radius 3 is 2.48 bits per heavy atom. The number of primary amides is 1. The van der Waals surface area contributed by atoms with Gasteiger partial charge in [0.1, 0.15) is 11.6 Å². The van der Waals surface area contributed by atoms with E-state index in [9.17, 15) is 23.2 Å². The molecular formula is C20H20F2N4O3. The third-order valence-electron chi connectivity index (χ3n) is 4.73. The highest BCUT2D eigenvalue weighted by Gasteiger charge is 2.36. The lowest BCUT2D eigenvalue weighted by Gasteiger charge is -2.19. The molecule has 7 nitrogen and oxygen atoms in total. The molecule has 3 rings (SSSR count). The molecule has 1 heterocycles. The highest BCUT2D eigenvalue weighted by Crippen LogP contribution is 2.28. The smallest absolute Gasteiger partial charge is 0.316 e. The number of urea groups is 1. The minimum absolute atomic E-state index is 0.0153. The van der Waals surface area contributed by atoms with Gasteiger partial charge in [0.25, 0.3) is 0 Å². The number of carbonyl (C=O) groups excluding carboxylic acids is 3. The molecule has 4 N–H and O–H groups in total. The fraction of sp³-hybridized carbons (Fsp3) is 0.250. The normalized spacial score (nSPS) is 17.1. The fourth-order valence-electron chi connectivity index (χ4n) is 3.23. The Balaban J connectivity index is 1.63. The monoisotopic (exact) mass is 402 g/mol. The van der Waals surface area contributed by atoms with Gasteiger partial charge in [-0.25, -0.2) is 13.6 Å². The first-order valence-electron chi connectivity index (χ1n) is 8.97. The number of rotatable bonds is 5. The van der Waals surface area contributed by atoms with Gasteiger partial charge in [0.15, 0.2) is 0 Å². The van der Waals surface area contributed by atoms with Gasteiger partial charge >= 0.3 is 6.03 Å². The molecule has 1 aliphatic rings. The Labute approximate surface area is 165 Å². The van der Waals surface area contributed by atoms with Gasteiger partial charge in [0.05, 0.1) is 17.6 Å². The molecule has 29 heavy (non-hydrogen) atoms. The van der Waals surface area contributed by atoms with Crippen molar-refractivity contribution in [3.8, 4) is 0 Å². The van der Waals surface area contributed by atoms with Crippen LogP contribution in [0.3, 0.4) is 0 Å². The summed E-state index contributed by atoms with van der Waals surface area (Å²) in [5.41, 5.74) is 6.33. The molecule has 0 bridgehead atoms. The molecule has 1 fully saturated rings. The predicted octanol–water partition coefficient (Wildman–Crippen LogP) is 2.69. The summed E-state index contributed by atoms with van der Waals surface area (Å²) in [6.07, 6.45) is -0.0587. The molecule has 2 aromatic carbocycles. The lowest BCUT2D eigenvalue weighted by atomic mass is 10.0. The molecule has 0 radical (unpaired) electrons. The highest BCUT2D eigenvalue weighted by molar-refractivity contribution is 6.00. The Kier molecular flexibility index (Phi) is 5.76. The van der Waals surface area contributed by atoms with Crippen LogP contribution in [0.4, 0.5) is 25.0 Å². The summed E-state index contributed by atoms with van der Waals surface area (Å²) < 4.78 is 27.1. The zero-order valence-corrected chi connectivity index (χ0v) is 15.6. The van der Waals surface area contributed by atoms with Crippen molar-refractivity contribution in [2.45, 2.75) is 19.4 Å². The molecule has 2 aromatic rings. The number of nitrogens with two attached hydrogens (primary N) is 1. The first kappa shape index (κ1) is 20.2. The van der Waals surface area contributed by atoms with Gasteiger partial charge in [-0.1, -0.05) is 12.1 Å². The standard InChI is InChI=1S/C20H20F2N4O3/c1-11(12-2-5-15(6-3-12)25-20(23)29)24-19(28)13-8-18(27)26(10-13)17-7-4-14(21)9-16(17)22/h2-7,9,11,13H,8,10H2,1H3,(H,24,28)(H3,23,25,29). The molecule has 1 aliphatic heterocycles. The third-order valence-corrected chi connectivity index (χ3v) is 4.73. The van der Waals surface area contributed by atoms with Crippen molar-refractivity contribution in [2.24, 2.45) is 11.7 Å². The van der Waals surface area contributed by atoms with Crippen molar-refractivity contribution in [3.63, 3.8) is 0 Å². The van der Waals surface area contributed by atoms with Crippen LogP contribution in [-0.2, 0) is 9.59 Å². The maximum absolute atomic E-state index is 14.0. The van der Waals surface area contributed by atoms with Crippen molar-refractivity contribution >= 4 is 29.2 Å². The molecule has 4 amide bonds. The van der Waals surface area contributed by atoms with Gasteiger partial charge in [-0.15, -0.1) is 0 Å². The number of hydrogen-bond acceptors (Lipinski definition) is 3. The number of halogens is 2. The van der Waals surface area contributed by atoms with E-state index in [1.165, 1.54) is 6.07 Å². The average molecular weight is 402 g/mol. The maximum Gasteiger partial charge on any atom is 0.316 e. The van der Waals surface area contributed by atoms with Gasteiger partial charge in [-0.2, -0.15) is 0 Å². The second kappa shape index (κ2) is 8.26. The summed E-state index contributed by atoms with van der Waals surface area (Å²) in [5.74, 6) is -2.97. The summed E-state index contributed by atoms with van der Waals surface area (Å²) in [6, 6.07) is 8.71. The largest absolute Gasteiger partial charge is 0.351 e. The van der Waals surface area contributed by atoms with Crippen molar-refractivity contribution in [2.75, 3.05) is 16.8 Å². The van der Waals surface area contributed by atoms with Crippen LogP contribution in [-0.4, -0.2) is 24.4 Å². The second-order valence-corrected chi connectivity index (χ2v) is 6.84. The van der Waals surface area contributed by atoms with E-state index in [0.29, 0.717) is 11.8 Å². The quantitative estimate of drug-likeness (QED) is 0.716. The van der Waals surface area contributed by atoms with E-state index in [2.05, 4.69) is 10.6 Å². The van der Waals surface area contributed by atoms with Crippen LogP contribution in [0.5, 0.6) is 0 Å². The zero-order chi connectivity index (χ0) is 21.1. The average Bonchev–Trinajstić information content (AvgIpc) is 3.03. The Bertz CT molecular complexity index is 949. The summed E-state index contributed by atoms with van der Waals surface area (Å²) in [4.78, 5) is 36.8. The molecule has 0 aromatic heterocycles. The van der Waals surface area contributed by atoms with Crippen molar-refractivity contribution in [1.29, 1.82) is 0 Å². The number of nitrogens with one attached hydrogen (secondary N) is 2. The summed E-state index contributed by atoms with van der Waals surface area (Å²) in [6.45, 7) is 1.80. The lowest BCUT2D eigenvalue weighted by molar-refractivity contribution is -0.126. The molecule has 2 atom stereocenters. The molecule has 0 spiro atoms. The van der Waals surface area contributed by atoms with E-state index >= 15 is 0 Å². The van der Waals surface area contributed by atoms with Crippen LogP contribution in [0.2, 0.25) is 0 Å². The van der Waals surface area contributed by atoms with Crippen molar-refractivity contribution in [3.05, 3.63) is 59.7 Å². The summed E-state index contributed by atoms with van der Waals surface area (Å²) in [7, 11) is 0. The van der Waals surface area contributed by atoms with Crippen LogP contribution in [0.15, 0.2) is 42.5 Å². The number of hydrogen-bond donors (Lipinski definition) is 3. The van der Waals surface area contributed by atoms with E-state index in [4.69, 9.17) is 5.73 Å². The number of nitrogens with zero attached hydrogens (tertiary/aromatic N) is 1. The van der Waals surface area contributed by atoms with Gasteiger partial charge in [-0.3, -0.25) is 9.59 Å². The van der Waals surface area contributed by atoms with Crippen molar-refractivity contribution < 1.29 is 23.2 Å². The van der Waals surface area contributed by atoms with Gasteiger partial charge in [-0.05, 0) is 36.8 Å². The SMILES string of the molecule is CC(NC(=O)C1CC(=O)N(c2ccc(F)cc2F)C1)c1ccc(NC(N)=O)cc1. The topological polar surface area (TPSA) is 105 Å². The minimum atomic E-state index is -0.850. The second-order valence-electron chi connectivity index (χ2n) is 6.84. The van der Waals surface area contributed by atoms with Crippen LogP contribution in [0.25, 0.3) is 0 Å². The van der Waals surface area contributed by atoms with Crippen LogP contribution >= 0.6 is 0 Å². The molecule has 1 saturated heterocycles. The molecular weight excluding hydrogens is 382 g/mol. The number of benzene rings is 2. The van der Waals surface area contributed by atoms with Gasteiger partial charge < -0.3 is 21.3 Å².